The summed E-state index contributed by atoms with van der Waals surface area (Å²) in [5, 5.41) is 268. The van der Waals surface area contributed by atoms with Crippen molar-refractivity contribution in [1.82, 2.24) is 0 Å². The number of hydrogen-bond donors (Lipinski definition) is 31. The first kappa shape index (κ1) is 87.3. The van der Waals surface area contributed by atoms with Crippen LogP contribution in [0.15, 0.2) is 0 Å². The molecule has 0 spiro atoms. The van der Waals surface area contributed by atoms with Gasteiger partial charge in [-0.2, -0.15) is 0 Å². The molecule has 0 saturated carbocycles. The highest BCUT2D eigenvalue weighted by Gasteiger charge is 2.32. The second-order valence-electron chi connectivity index (χ2n) is 15.0. The molecule has 0 fully saturated rings. The van der Waals surface area contributed by atoms with Crippen molar-refractivity contribution in [3.05, 3.63) is 0 Å². The van der Waals surface area contributed by atoms with Crippen LogP contribution < -0.4 is 0 Å². The Kier molecular flexibility index (Phi) is 58.8. The van der Waals surface area contributed by atoms with Crippen LogP contribution in [0.5, 0.6) is 0 Å². The zero-order valence-electron chi connectivity index (χ0n) is 40.4. The van der Waals surface area contributed by atoms with Crippen molar-refractivity contribution in [3.63, 3.8) is 0 Å². The Balaban J connectivity index is -0.000000149. The highest BCUT2D eigenvalue weighted by molar-refractivity contribution is 5.58. The van der Waals surface area contributed by atoms with Gasteiger partial charge in [0.25, 0.3) is 0 Å². The van der Waals surface area contributed by atoms with E-state index >= 15 is 0 Å². The third kappa shape index (κ3) is 40.3. The van der Waals surface area contributed by atoms with Gasteiger partial charge < -0.3 is 192 Å². The maximum Gasteiger partial charge on any atom is 0.151 e. The van der Waals surface area contributed by atoms with Gasteiger partial charge in [-0.25, -0.2) is 0 Å². The quantitative estimate of drug-likeness (QED) is 0.0287. The standard InChI is InChI=1S/3C6H12O6.C6H12O5.3C5H10O5/c3*7-1-3(9)5(11)6(12)4(10)2-8;1-3(8)5(10)6(11)4(9)2-7;3*6-1-3(8)5(10)4(9)2-7/h3*1,3-6,8-12H,2H2;2-6,8-11H,1H3;3*1,3-5,7-10H,2H2/t3?,4-,5?,6+;3-,4+,5+,6+;3-,4-,5-,6-;3-,4?,5-,6-;3?,4-,5?;3-,4+,5+;3-,4-,5-/m1010101/s1. The Morgan fingerprint density at radius 2 is 0.325 bits per heavy atom. The molecule has 0 amide bonds. The molecule has 77 heavy (non-hydrogen) atoms. The van der Waals surface area contributed by atoms with E-state index in [4.69, 9.17) is 158 Å². The number of aliphatic hydroxyl groups excluding tert-OH is 31. The number of carbonyl (C=O) groups excluding carboxylic acids is 7. The molecule has 0 aliphatic rings. The molecule has 38 heteroatoms. The van der Waals surface area contributed by atoms with Crippen LogP contribution >= 0.6 is 0 Å². The number of rotatable bonds is 31. The molecule has 0 radical (unpaired) electrons. The lowest BCUT2D eigenvalue weighted by atomic mass is 10.0. The highest BCUT2D eigenvalue weighted by Crippen LogP contribution is 2.06. The van der Waals surface area contributed by atoms with Crippen molar-refractivity contribution in [2.45, 2.75) is 160 Å². The van der Waals surface area contributed by atoms with Gasteiger partial charge in [-0.1, -0.05) is 0 Å². The summed E-state index contributed by atoms with van der Waals surface area (Å²) in [4.78, 5) is 68.9. The lowest BCUT2D eigenvalue weighted by molar-refractivity contribution is -0.136. The van der Waals surface area contributed by atoms with E-state index in [9.17, 15) is 33.6 Å². The fourth-order valence-electron chi connectivity index (χ4n) is 3.67. The molecular formula is C39H78O38. The smallest absolute Gasteiger partial charge is 0.151 e. The molecule has 0 bridgehead atoms. The van der Waals surface area contributed by atoms with Crippen molar-refractivity contribution >= 4 is 44.0 Å². The fraction of sp³-hybridized carbons (Fsp3) is 0.821. The van der Waals surface area contributed by atoms with Crippen molar-refractivity contribution in [1.29, 1.82) is 0 Å². The summed E-state index contributed by atoms with van der Waals surface area (Å²) in [6, 6.07) is 0. The van der Waals surface area contributed by atoms with Gasteiger partial charge in [0.05, 0.1) is 45.7 Å². The summed E-state index contributed by atoms with van der Waals surface area (Å²) >= 11 is 0. The molecule has 0 aromatic heterocycles. The fourth-order valence-corrected chi connectivity index (χ4v) is 3.67. The second-order valence-corrected chi connectivity index (χ2v) is 15.0. The van der Waals surface area contributed by atoms with Gasteiger partial charge in [-0.3, -0.25) is 0 Å². The Hall–Kier alpha value is -3.55. The van der Waals surface area contributed by atoms with E-state index in [0.717, 1.165) is 0 Å². The minimum absolute atomic E-state index is 0.0258. The van der Waals surface area contributed by atoms with E-state index in [1.54, 1.807) is 0 Å². The third-order valence-electron chi connectivity index (χ3n) is 8.81. The molecule has 0 rings (SSSR count). The molecule has 462 valence electrons. The van der Waals surface area contributed by atoms with Gasteiger partial charge in [-0.05, 0) is 6.92 Å². The first-order valence-electron chi connectivity index (χ1n) is 21.4. The van der Waals surface area contributed by atoms with Crippen LogP contribution in [0.25, 0.3) is 0 Å². The number of carbonyl (C=O) groups is 7. The molecule has 25 atom stereocenters. The maximum atomic E-state index is 9.90. The summed E-state index contributed by atoms with van der Waals surface area (Å²) in [5.74, 6) is 0. The van der Waals surface area contributed by atoms with Crippen LogP contribution in [0.3, 0.4) is 0 Å². The summed E-state index contributed by atoms with van der Waals surface area (Å²) in [6.45, 7) is -3.10. The predicted molar refractivity (Wildman–Crippen MR) is 241 cm³/mol. The molecule has 0 heterocycles. The monoisotopic (exact) mass is 1150 g/mol. The molecular weight excluding hydrogens is 1080 g/mol. The van der Waals surface area contributed by atoms with Crippen molar-refractivity contribution in [2.24, 2.45) is 0 Å². The normalized spacial score (nSPS) is 20.6. The van der Waals surface area contributed by atoms with Crippen LogP contribution in [0.4, 0.5) is 0 Å². The molecule has 0 aliphatic heterocycles. The van der Waals surface area contributed by atoms with E-state index in [-0.39, 0.29) is 44.0 Å². The molecule has 38 nitrogen and oxygen atoms in total. The van der Waals surface area contributed by atoms with Gasteiger partial charge in [0, 0.05) is 0 Å². The predicted octanol–water partition coefficient (Wildman–Crippen LogP) is -20.7. The van der Waals surface area contributed by atoms with E-state index < -0.39 is 192 Å². The average Bonchev–Trinajstić information content (AvgIpc) is 3.46. The topological polar surface area (TPSA) is 747 Å². The lowest BCUT2D eigenvalue weighted by Crippen LogP contribution is -2.46. The Bertz CT molecular complexity index is 1280. The first-order valence-corrected chi connectivity index (χ1v) is 21.4. The van der Waals surface area contributed by atoms with E-state index in [2.05, 4.69) is 0 Å². The maximum absolute atomic E-state index is 9.90. The average molecular weight is 1160 g/mol. The van der Waals surface area contributed by atoms with Crippen molar-refractivity contribution in [3.8, 4) is 0 Å². The van der Waals surface area contributed by atoms with Crippen LogP contribution in [0.1, 0.15) is 6.92 Å². The highest BCUT2D eigenvalue weighted by atomic mass is 16.4. The summed E-state index contributed by atoms with van der Waals surface area (Å²) in [6.07, 6.45) is -40.3. The molecule has 0 aromatic carbocycles. The van der Waals surface area contributed by atoms with Crippen LogP contribution in [-0.2, 0) is 33.6 Å². The Labute approximate surface area is 434 Å². The molecule has 0 saturated heterocycles. The number of hydrogen-bond acceptors (Lipinski definition) is 38. The largest absolute Gasteiger partial charge is 0.394 e. The second kappa shape index (κ2) is 51.9. The van der Waals surface area contributed by atoms with Gasteiger partial charge >= 0.3 is 0 Å². The molecule has 5 unspecified atom stereocenters. The van der Waals surface area contributed by atoms with Crippen LogP contribution in [0.2, 0.25) is 0 Å². The lowest BCUT2D eigenvalue weighted by Gasteiger charge is -2.22. The minimum Gasteiger partial charge on any atom is -0.394 e. The Morgan fingerprint density at radius 3 is 0.442 bits per heavy atom. The van der Waals surface area contributed by atoms with Crippen LogP contribution in [0, 0.1) is 0 Å². The Morgan fingerprint density at radius 1 is 0.208 bits per heavy atom. The van der Waals surface area contributed by atoms with E-state index in [0.29, 0.717) is 0 Å². The zero-order chi connectivity index (χ0) is 62.6. The first-order chi connectivity index (χ1) is 35.5. The molecule has 0 aliphatic carbocycles. The molecule has 0 aromatic rings. The molecule has 31 N–H and O–H groups in total. The van der Waals surface area contributed by atoms with Gasteiger partial charge in [-0.15, -0.1) is 0 Å². The minimum atomic E-state index is -1.79. The SMILES string of the molecule is C[C@H](O)[C@H](O)[C@@H](O)C(O)C=O.O=CC(O)C(O)[C@@H](O)[C@H](O)CO.O=CC(O)C(O)[C@H](O)CO.O=C[C@@H](O)[C@@H](O)[C@H](O)CO.O=C[C@@H](O)[C@@H](O)[C@H](O)[C@H](O)CO.O=C[C@H](O)[C@@H](O)[C@H](O)CO.O=C[C@H](O)[C@@H](O)[C@H](O)[C@H](O)CO. The van der Waals surface area contributed by atoms with E-state index in [1.165, 1.54) is 6.92 Å². The van der Waals surface area contributed by atoms with Crippen molar-refractivity contribution < 1.29 is 192 Å². The summed E-state index contributed by atoms with van der Waals surface area (Å²) in [7, 11) is 0. The zero-order valence-corrected chi connectivity index (χ0v) is 40.4. The number of aliphatic hydroxyl groups is 31. The van der Waals surface area contributed by atoms with Crippen LogP contribution in [-0.4, -0.2) is 395 Å². The third-order valence-corrected chi connectivity index (χ3v) is 8.81. The van der Waals surface area contributed by atoms with Gasteiger partial charge in [0.1, 0.15) is 146 Å². The summed E-state index contributed by atoms with van der Waals surface area (Å²) in [5.41, 5.74) is 0. The van der Waals surface area contributed by atoms with E-state index in [1.807, 2.05) is 0 Å². The van der Waals surface area contributed by atoms with Gasteiger partial charge in [0.2, 0.25) is 0 Å². The summed E-state index contributed by atoms with van der Waals surface area (Å²) < 4.78 is 0. The van der Waals surface area contributed by atoms with Crippen molar-refractivity contribution in [2.75, 3.05) is 39.6 Å². The number of aldehydes is 7. The van der Waals surface area contributed by atoms with Gasteiger partial charge in [0.15, 0.2) is 44.0 Å².